The van der Waals surface area contributed by atoms with Gasteiger partial charge in [0.05, 0.1) is 17.5 Å². The highest BCUT2D eigenvalue weighted by Gasteiger charge is 2.10. The van der Waals surface area contributed by atoms with E-state index in [9.17, 15) is 4.79 Å². The minimum atomic E-state index is -0.0883. The number of carbonyl (C=O) groups is 1. The number of rotatable bonds is 4. The zero-order valence-electron chi connectivity index (χ0n) is 11.4. The summed E-state index contributed by atoms with van der Waals surface area (Å²) in [6, 6.07) is 3.47. The molecule has 0 saturated carbocycles. The predicted octanol–water partition coefficient (Wildman–Crippen LogP) is 2.75. The molecule has 0 saturated heterocycles. The zero-order valence-corrected chi connectivity index (χ0v) is 12.2. The summed E-state index contributed by atoms with van der Waals surface area (Å²) in [6.07, 6.45) is 5.51. The Morgan fingerprint density at radius 2 is 2.29 bits per heavy atom. The number of aromatic amines is 1. The molecule has 7 heteroatoms. The number of aryl methyl sites for hydroxylation is 2. The van der Waals surface area contributed by atoms with Crippen LogP contribution in [0.2, 0.25) is 5.02 Å². The number of H-pyrrole nitrogens is 1. The van der Waals surface area contributed by atoms with Gasteiger partial charge in [0.25, 0.3) is 0 Å². The van der Waals surface area contributed by atoms with E-state index in [1.54, 1.807) is 24.7 Å². The fourth-order valence-corrected chi connectivity index (χ4v) is 2.40. The van der Waals surface area contributed by atoms with Crippen molar-refractivity contribution in [1.82, 2.24) is 19.5 Å². The van der Waals surface area contributed by atoms with E-state index in [-0.39, 0.29) is 5.91 Å². The molecule has 21 heavy (non-hydrogen) atoms. The lowest BCUT2D eigenvalue weighted by atomic mass is 10.2. The molecule has 6 nitrogen and oxygen atoms in total. The van der Waals surface area contributed by atoms with E-state index in [1.165, 1.54) is 0 Å². The maximum atomic E-state index is 12.1. The molecule has 0 fully saturated rings. The molecule has 0 atom stereocenters. The van der Waals surface area contributed by atoms with E-state index in [2.05, 4.69) is 20.3 Å². The first-order valence-corrected chi connectivity index (χ1v) is 6.91. The summed E-state index contributed by atoms with van der Waals surface area (Å²) in [5.41, 5.74) is 2.11. The van der Waals surface area contributed by atoms with Crippen molar-refractivity contribution in [2.24, 2.45) is 0 Å². The minimum absolute atomic E-state index is 0.0883. The third kappa shape index (κ3) is 2.90. The Bertz CT molecular complexity index is 792. The fourth-order valence-electron chi connectivity index (χ4n) is 2.18. The summed E-state index contributed by atoms with van der Waals surface area (Å²) in [7, 11) is 0. The van der Waals surface area contributed by atoms with Crippen LogP contribution in [-0.2, 0) is 11.3 Å². The van der Waals surface area contributed by atoms with Gasteiger partial charge in [-0.25, -0.2) is 9.97 Å². The fraction of sp³-hybridized carbons (Fsp3) is 0.214. The maximum absolute atomic E-state index is 12.1. The zero-order chi connectivity index (χ0) is 14.8. The molecule has 2 N–H and O–H groups in total. The van der Waals surface area contributed by atoms with Crippen LogP contribution in [0.3, 0.4) is 0 Å². The van der Waals surface area contributed by atoms with Gasteiger partial charge < -0.3 is 14.9 Å². The molecule has 108 valence electrons. The second-order valence-electron chi connectivity index (χ2n) is 4.72. The van der Waals surface area contributed by atoms with Crippen molar-refractivity contribution in [3.63, 3.8) is 0 Å². The number of hydrogen-bond acceptors (Lipinski definition) is 3. The Hall–Kier alpha value is -2.34. The van der Waals surface area contributed by atoms with Gasteiger partial charge in [-0.1, -0.05) is 11.6 Å². The van der Waals surface area contributed by atoms with Crippen LogP contribution in [0.1, 0.15) is 12.2 Å². The number of hydrogen-bond donors (Lipinski definition) is 2. The number of nitrogens with one attached hydrogen (secondary N) is 2. The molecule has 0 unspecified atom stereocenters. The van der Waals surface area contributed by atoms with Gasteiger partial charge in [-0.15, -0.1) is 0 Å². The number of aromatic nitrogens is 4. The van der Waals surface area contributed by atoms with Crippen LogP contribution < -0.4 is 5.32 Å². The van der Waals surface area contributed by atoms with E-state index in [1.807, 2.05) is 17.7 Å². The summed E-state index contributed by atoms with van der Waals surface area (Å²) in [5.74, 6) is 0.801. The number of nitrogens with zero attached hydrogens (tertiary/aromatic N) is 3. The van der Waals surface area contributed by atoms with Gasteiger partial charge in [0, 0.05) is 30.4 Å². The number of benzene rings is 1. The van der Waals surface area contributed by atoms with E-state index in [0.717, 1.165) is 11.3 Å². The van der Waals surface area contributed by atoms with Crippen molar-refractivity contribution < 1.29 is 4.79 Å². The lowest BCUT2D eigenvalue weighted by Crippen LogP contribution is -2.15. The van der Waals surface area contributed by atoms with Crippen molar-refractivity contribution >= 4 is 34.2 Å². The number of imidazole rings is 2. The van der Waals surface area contributed by atoms with Gasteiger partial charge in [0.2, 0.25) is 5.91 Å². The predicted molar refractivity (Wildman–Crippen MR) is 81.3 cm³/mol. The Labute approximate surface area is 126 Å². The number of fused-ring (bicyclic) bond motifs is 1. The largest absolute Gasteiger partial charge is 0.344 e. The third-order valence-corrected chi connectivity index (χ3v) is 3.48. The molecule has 0 spiro atoms. The van der Waals surface area contributed by atoms with Crippen LogP contribution in [0.4, 0.5) is 5.69 Å². The molecule has 0 bridgehead atoms. The quantitative estimate of drug-likeness (QED) is 0.778. The first kappa shape index (κ1) is 13.6. The third-order valence-electron chi connectivity index (χ3n) is 3.27. The van der Waals surface area contributed by atoms with Gasteiger partial charge >= 0.3 is 0 Å². The van der Waals surface area contributed by atoms with Crippen molar-refractivity contribution in [2.75, 3.05) is 5.32 Å². The summed E-state index contributed by atoms with van der Waals surface area (Å²) in [4.78, 5) is 23.4. The highest BCUT2D eigenvalue weighted by atomic mass is 35.5. The second kappa shape index (κ2) is 5.57. The highest BCUT2D eigenvalue weighted by molar-refractivity contribution is 6.31. The second-order valence-corrected chi connectivity index (χ2v) is 5.15. The van der Waals surface area contributed by atoms with Gasteiger partial charge in [0.15, 0.2) is 0 Å². The Morgan fingerprint density at radius 1 is 1.43 bits per heavy atom. The summed E-state index contributed by atoms with van der Waals surface area (Å²) in [6.45, 7) is 2.49. The standard InChI is InChI=1S/C14H14ClN5O/c1-9-16-3-5-20(9)4-2-13(21)19-12-7-10(15)6-11-14(12)18-8-17-11/h3,5-8H,2,4H2,1H3,(H,17,18)(H,19,21). The van der Waals surface area contributed by atoms with E-state index in [4.69, 9.17) is 11.6 Å². The van der Waals surface area contributed by atoms with Crippen LogP contribution in [0.15, 0.2) is 30.9 Å². The van der Waals surface area contributed by atoms with Gasteiger partial charge in [-0.05, 0) is 19.1 Å². The first-order chi connectivity index (χ1) is 10.1. The van der Waals surface area contributed by atoms with E-state index >= 15 is 0 Å². The lowest BCUT2D eigenvalue weighted by molar-refractivity contribution is -0.116. The van der Waals surface area contributed by atoms with Crippen molar-refractivity contribution in [1.29, 1.82) is 0 Å². The number of halogens is 1. The molecule has 0 radical (unpaired) electrons. The molecule has 2 aromatic heterocycles. The molecule has 1 aromatic carbocycles. The molecule has 2 heterocycles. The average Bonchev–Trinajstić information content (AvgIpc) is 3.05. The number of amides is 1. The molecular formula is C14H14ClN5O. The van der Waals surface area contributed by atoms with Gasteiger partial charge in [-0.3, -0.25) is 4.79 Å². The van der Waals surface area contributed by atoms with Crippen LogP contribution >= 0.6 is 11.6 Å². The normalized spacial score (nSPS) is 11.0. The van der Waals surface area contributed by atoms with Crippen molar-refractivity contribution in [3.05, 3.63) is 41.7 Å². The minimum Gasteiger partial charge on any atom is -0.344 e. The van der Waals surface area contributed by atoms with Crippen LogP contribution in [0.25, 0.3) is 11.0 Å². The summed E-state index contributed by atoms with van der Waals surface area (Å²) in [5, 5.41) is 3.40. The molecule has 0 aliphatic rings. The smallest absolute Gasteiger partial charge is 0.226 e. The topological polar surface area (TPSA) is 75.6 Å². The Balaban J connectivity index is 1.71. The van der Waals surface area contributed by atoms with Crippen LogP contribution in [0.5, 0.6) is 0 Å². The van der Waals surface area contributed by atoms with Gasteiger partial charge in [-0.2, -0.15) is 0 Å². The van der Waals surface area contributed by atoms with Gasteiger partial charge in [0.1, 0.15) is 11.3 Å². The van der Waals surface area contributed by atoms with Crippen molar-refractivity contribution in [3.8, 4) is 0 Å². The van der Waals surface area contributed by atoms with E-state index < -0.39 is 0 Å². The van der Waals surface area contributed by atoms with Crippen molar-refractivity contribution in [2.45, 2.75) is 19.9 Å². The highest BCUT2D eigenvalue weighted by Crippen LogP contribution is 2.25. The first-order valence-electron chi connectivity index (χ1n) is 6.54. The van der Waals surface area contributed by atoms with Crippen LogP contribution in [0, 0.1) is 6.92 Å². The van der Waals surface area contributed by atoms with E-state index in [0.29, 0.717) is 29.2 Å². The average molecular weight is 304 g/mol. The number of anilines is 1. The molecule has 0 aliphatic heterocycles. The maximum Gasteiger partial charge on any atom is 0.226 e. The van der Waals surface area contributed by atoms with Crippen LogP contribution in [-0.4, -0.2) is 25.4 Å². The lowest BCUT2D eigenvalue weighted by Gasteiger charge is -2.08. The molecule has 0 aliphatic carbocycles. The molecule has 1 amide bonds. The Kier molecular flexibility index (Phi) is 3.62. The molecule has 3 aromatic rings. The summed E-state index contributed by atoms with van der Waals surface area (Å²) >= 11 is 6.03. The SMILES string of the molecule is Cc1nccn1CCC(=O)Nc1cc(Cl)cc2[nH]cnc12. The Morgan fingerprint density at radius 3 is 3.05 bits per heavy atom. The number of carbonyl (C=O) groups excluding carboxylic acids is 1. The molecular weight excluding hydrogens is 290 g/mol. The molecule has 3 rings (SSSR count). The summed E-state index contributed by atoms with van der Waals surface area (Å²) < 4.78 is 1.93. The monoisotopic (exact) mass is 303 g/mol.